The van der Waals surface area contributed by atoms with Crippen molar-refractivity contribution in [3.05, 3.63) is 41.7 Å². The molecule has 3 atom stereocenters. The van der Waals surface area contributed by atoms with Gasteiger partial charge in [-0.05, 0) is 68.6 Å². The molecule has 8 nitrogen and oxygen atoms in total. The third-order valence-corrected chi connectivity index (χ3v) is 8.84. The molecule has 0 radical (unpaired) electrons. The van der Waals surface area contributed by atoms with Crippen molar-refractivity contribution in [2.45, 2.75) is 56.6 Å². The van der Waals surface area contributed by atoms with Crippen molar-refractivity contribution in [1.82, 2.24) is 24.6 Å². The van der Waals surface area contributed by atoms with Crippen molar-refractivity contribution in [2.24, 2.45) is 17.3 Å². The minimum atomic E-state index is -0.433. The molecule has 3 aliphatic carbocycles. The lowest BCUT2D eigenvalue weighted by molar-refractivity contribution is -0.0735. The summed E-state index contributed by atoms with van der Waals surface area (Å²) in [5.41, 5.74) is 0.504. The molecular formula is C26H29FN6O2. The van der Waals surface area contributed by atoms with Gasteiger partial charge in [-0.3, -0.25) is 0 Å². The Balaban J connectivity index is 0.888. The fraction of sp³-hybridized carbons (Fsp3) is 0.615. The fourth-order valence-corrected chi connectivity index (χ4v) is 6.85. The van der Waals surface area contributed by atoms with E-state index in [4.69, 9.17) is 4.74 Å². The number of carbonyl (C=O) groups excluding carboxylic acids is 1. The Kier molecular flexibility index (Phi) is 4.64. The summed E-state index contributed by atoms with van der Waals surface area (Å²) >= 11 is 0. The van der Waals surface area contributed by atoms with E-state index < -0.39 is 5.82 Å². The quantitative estimate of drug-likeness (QED) is 0.671. The number of likely N-dealkylation sites (tertiary alicyclic amines) is 2. The molecule has 1 aromatic carbocycles. The first kappa shape index (κ1) is 21.2. The highest BCUT2D eigenvalue weighted by atomic mass is 19.1. The number of ether oxygens (including phenoxy) is 1. The number of hydrogen-bond acceptors (Lipinski definition) is 5. The summed E-state index contributed by atoms with van der Waals surface area (Å²) in [5.74, 6) is 2.45. The van der Waals surface area contributed by atoms with Gasteiger partial charge in [0.2, 0.25) is 0 Å². The Bertz CT molecular complexity index is 1190. The molecule has 2 saturated heterocycles. The molecule has 2 amide bonds. The summed E-state index contributed by atoms with van der Waals surface area (Å²) in [4.78, 5) is 21.6. The highest BCUT2D eigenvalue weighted by molar-refractivity contribution is 5.76. The lowest BCUT2D eigenvalue weighted by Crippen LogP contribution is -2.65. The van der Waals surface area contributed by atoms with Gasteiger partial charge < -0.3 is 14.5 Å². The Morgan fingerprint density at radius 3 is 2.57 bits per heavy atom. The van der Waals surface area contributed by atoms with E-state index in [1.54, 1.807) is 0 Å². The predicted molar refractivity (Wildman–Crippen MR) is 123 cm³/mol. The molecule has 1 aromatic heterocycles. The maximum Gasteiger partial charge on any atom is 0.320 e. The third-order valence-electron chi connectivity index (χ3n) is 8.84. The number of hydrogen-bond donors (Lipinski definition) is 0. The van der Waals surface area contributed by atoms with Crippen LogP contribution in [0.4, 0.5) is 9.18 Å². The van der Waals surface area contributed by atoms with Crippen molar-refractivity contribution in [3.63, 3.8) is 0 Å². The Morgan fingerprint density at radius 1 is 1.14 bits per heavy atom. The van der Waals surface area contributed by atoms with Gasteiger partial charge in [0.1, 0.15) is 24.0 Å². The maximum absolute atomic E-state index is 13.4. The number of aromatic nitrogens is 3. The van der Waals surface area contributed by atoms with E-state index in [2.05, 4.69) is 14.8 Å². The first-order valence-electron chi connectivity index (χ1n) is 12.8. The Morgan fingerprint density at radius 2 is 1.89 bits per heavy atom. The van der Waals surface area contributed by atoms with Gasteiger partial charge in [0.05, 0.1) is 17.7 Å². The van der Waals surface area contributed by atoms with Crippen LogP contribution >= 0.6 is 0 Å². The molecule has 2 aromatic rings. The summed E-state index contributed by atoms with van der Waals surface area (Å²) in [5, 5.41) is 13.9. The standard InChI is InChI=1S/C26H29FN6O2/c27-20-3-4-23(17(5-20)10-28)35-22-6-18-11-31(12-19(18)7-22)25(34)32-13-26(14-32)8-21(9-26)33-15-29-24(30-33)16-1-2-16/h3-5,15-16,18-19,21-22H,1-2,6-9,11-14H2/t18-,19+,22?. The van der Waals surface area contributed by atoms with Gasteiger partial charge in [-0.1, -0.05) is 0 Å². The Hall–Kier alpha value is -3.15. The van der Waals surface area contributed by atoms with Crippen LogP contribution in [-0.4, -0.2) is 62.9 Å². The van der Waals surface area contributed by atoms with Gasteiger partial charge in [-0.2, -0.15) is 10.4 Å². The smallest absolute Gasteiger partial charge is 0.320 e. The van der Waals surface area contributed by atoms with Crippen molar-refractivity contribution in [2.75, 3.05) is 26.2 Å². The highest BCUT2D eigenvalue weighted by Gasteiger charge is 2.56. The van der Waals surface area contributed by atoms with E-state index in [-0.39, 0.29) is 23.1 Å². The molecular weight excluding hydrogens is 447 g/mol. The molecule has 7 rings (SSSR count). The van der Waals surface area contributed by atoms with Gasteiger partial charge in [-0.25, -0.2) is 18.9 Å². The van der Waals surface area contributed by atoms with Crippen LogP contribution in [0.1, 0.15) is 61.9 Å². The van der Waals surface area contributed by atoms with Crippen LogP contribution in [0.3, 0.4) is 0 Å². The van der Waals surface area contributed by atoms with Crippen molar-refractivity contribution >= 4 is 6.03 Å². The topological polar surface area (TPSA) is 87.3 Å². The molecule has 0 bridgehead atoms. The van der Waals surface area contributed by atoms with Crippen molar-refractivity contribution < 1.29 is 13.9 Å². The number of nitriles is 1. The number of amides is 2. The van der Waals surface area contributed by atoms with Crippen LogP contribution in [0.25, 0.3) is 0 Å². The van der Waals surface area contributed by atoms with Crippen LogP contribution in [-0.2, 0) is 0 Å². The summed E-state index contributed by atoms with van der Waals surface area (Å²) in [6.45, 7) is 3.25. The van der Waals surface area contributed by atoms with Crippen molar-refractivity contribution in [1.29, 1.82) is 5.26 Å². The average Bonchev–Trinajstić information content (AvgIpc) is 3.20. The molecule has 0 N–H and O–H groups in total. The summed E-state index contributed by atoms with van der Waals surface area (Å²) < 4.78 is 21.5. The molecule has 2 aliphatic heterocycles. The molecule has 5 aliphatic rings. The van der Waals surface area contributed by atoms with Crippen LogP contribution in [0.5, 0.6) is 5.75 Å². The second-order valence-electron chi connectivity index (χ2n) is 11.4. The zero-order chi connectivity index (χ0) is 23.7. The molecule has 3 saturated carbocycles. The fourth-order valence-electron chi connectivity index (χ4n) is 6.85. The first-order valence-corrected chi connectivity index (χ1v) is 12.8. The summed E-state index contributed by atoms with van der Waals surface area (Å²) in [7, 11) is 0. The number of benzene rings is 1. The molecule has 9 heteroatoms. The molecule has 182 valence electrons. The summed E-state index contributed by atoms with van der Waals surface area (Å²) in [6, 6.07) is 6.70. The molecule has 3 heterocycles. The second-order valence-corrected chi connectivity index (χ2v) is 11.4. The minimum Gasteiger partial charge on any atom is -0.489 e. The SMILES string of the molecule is N#Cc1cc(F)ccc1OC1C[C@@H]2CN(C(=O)N3CC4(CC(n5cnc(C6CC6)n5)C4)C3)C[C@@H]2C1. The molecule has 1 spiro atoms. The number of carbonyl (C=O) groups is 1. The first-order chi connectivity index (χ1) is 17.0. The number of nitrogens with zero attached hydrogens (tertiary/aromatic N) is 6. The predicted octanol–water partition coefficient (Wildman–Crippen LogP) is 3.71. The Labute approximate surface area is 203 Å². The van der Waals surface area contributed by atoms with Gasteiger partial charge in [0.15, 0.2) is 5.82 Å². The van der Waals surface area contributed by atoms with E-state index in [0.717, 1.165) is 57.7 Å². The lowest BCUT2D eigenvalue weighted by Gasteiger charge is -2.59. The zero-order valence-electron chi connectivity index (χ0n) is 19.6. The van der Waals surface area contributed by atoms with Crippen LogP contribution in [0.15, 0.2) is 24.5 Å². The van der Waals surface area contributed by atoms with Gasteiger partial charge in [-0.15, -0.1) is 0 Å². The van der Waals surface area contributed by atoms with Gasteiger partial charge >= 0.3 is 6.03 Å². The normalized spacial score (nSPS) is 29.0. The average molecular weight is 477 g/mol. The maximum atomic E-state index is 13.4. The number of halogens is 1. The van der Waals surface area contributed by atoms with Crippen LogP contribution < -0.4 is 4.74 Å². The number of rotatable bonds is 4. The summed E-state index contributed by atoms with van der Waals surface area (Å²) in [6.07, 6.45) is 8.24. The largest absolute Gasteiger partial charge is 0.489 e. The minimum absolute atomic E-state index is 0.0104. The van der Waals surface area contributed by atoms with E-state index in [9.17, 15) is 14.4 Å². The van der Waals surface area contributed by atoms with Gasteiger partial charge in [0, 0.05) is 37.5 Å². The molecule has 5 fully saturated rings. The lowest BCUT2D eigenvalue weighted by atomic mass is 9.61. The van der Waals surface area contributed by atoms with Crippen LogP contribution in [0, 0.1) is 34.4 Å². The van der Waals surface area contributed by atoms with E-state index in [1.165, 1.54) is 31.0 Å². The highest BCUT2D eigenvalue weighted by Crippen LogP contribution is 2.54. The van der Waals surface area contributed by atoms with E-state index in [1.807, 2.05) is 22.2 Å². The molecule has 35 heavy (non-hydrogen) atoms. The van der Waals surface area contributed by atoms with Gasteiger partial charge in [0.25, 0.3) is 0 Å². The second kappa shape index (κ2) is 7.67. The van der Waals surface area contributed by atoms with E-state index >= 15 is 0 Å². The zero-order valence-corrected chi connectivity index (χ0v) is 19.6. The number of urea groups is 1. The monoisotopic (exact) mass is 476 g/mol. The molecule has 1 unspecified atom stereocenters. The third kappa shape index (κ3) is 3.65. The van der Waals surface area contributed by atoms with Crippen molar-refractivity contribution in [3.8, 4) is 11.8 Å². The number of fused-ring (bicyclic) bond motifs is 1. The van der Waals surface area contributed by atoms with E-state index in [0.29, 0.717) is 29.5 Å². The van der Waals surface area contributed by atoms with Crippen LogP contribution in [0.2, 0.25) is 0 Å².